The quantitative estimate of drug-likeness (QED) is 0.214. The number of nitrogens with two attached hydrogens (primary N) is 1. The number of primary amides is 1. The number of urea groups is 1. The summed E-state index contributed by atoms with van der Waals surface area (Å²) in [6.45, 7) is 11.3. The Kier molecular flexibility index (Phi) is 13.6. The van der Waals surface area contributed by atoms with Crippen molar-refractivity contribution in [2.75, 3.05) is 32.9 Å². The van der Waals surface area contributed by atoms with Gasteiger partial charge in [0.1, 0.15) is 18.2 Å². The molecule has 5 unspecified atom stereocenters. The molecule has 1 saturated carbocycles. The van der Waals surface area contributed by atoms with Crippen molar-refractivity contribution in [2.45, 2.75) is 117 Å². The van der Waals surface area contributed by atoms with Gasteiger partial charge in [-0.3, -0.25) is 19.2 Å². The van der Waals surface area contributed by atoms with E-state index in [0.717, 1.165) is 41.0 Å². The maximum absolute atomic E-state index is 14.6. The van der Waals surface area contributed by atoms with E-state index in [9.17, 15) is 37.2 Å². The van der Waals surface area contributed by atoms with E-state index in [4.69, 9.17) is 10.5 Å². The topological polar surface area (TPSA) is 218 Å². The smallest absolute Gasteiger partial charge is 0.410 e. The number of ketones is 1. The highest BCUT2D eigenvalue weighted by atomic mass is 32.2. The largest absolute Gasteiger partial charge is 0.444 e. The van der Waals surface area contributed by atoms with E-state index in [0.29, 0.717) is 19.5 Å². The maximum atomic E-state index is 14.6. The Hall–Kier alpha value is -4.25. The van der Waals surface area contributed by atoms with Crippen LogP contribution in [0.25, 0.3) is 0 Å². The second-order valence-electron chi connectivity index (χ2n) is 17.4. The van der Waals surface area contributed by atoms with Gasteiger partial charge in [-0.25, -0.2) is 22.3 Å². The van der Waals surface area contributed by atoms with Gasteiger partial charge in [0.2, 0.25) is 27.6 Å². The van der Waals surface area contributed by atoms with Crippen molar-refractivity contribution in [1.82, 2.24) is 30.1 Å². The first-order valence-corrected chi connectivity index (χ1v) is 20.8. The summed E-state index contributed by atoms with van der Waals surface area (Å²) in [6.07, 6.45) is 2.98. The SMILES string of the molecule is CN(CC(NC(=O)NC(C(=O)N1CC(OC(=O)N2CCc3ccccc3C2)CC1C(=O)NC(CC1CCC1)C(=O)C(N)=O)C(C)(C)C)C(C)(C)C)S(C)(=O)=O. The molecule has 2 fully saturated rings. The van der Waals surface area contributed by atoms with E-state index in [2.05, 4.69) is 16.0 Å². The van der Waals surface area contributed by atoms with Crippen molar-refractivity contribution in [3.63, 3.8) is 0 Å². The number of likely N-dealkylation sites (N-methyl/N-ethyl adjacent to an activating group) is 1. The molecule has 16 nitrogen and oxygen atoms in total. The number of fused-ring (bicyclic) bond motifs is 1. The van der Waals surface area contributed by atoms with Crippen molar-refractivity contribution in [3.8, 4) is 0 Å². The Bertz CT molecular complexity index is 1740. The summed E-state index contributed by atoms with van der Waals surface area (Å²) >= 11 is 0. The first kappa shape index (κ1) is 43.5. The van der Waals surface area contributed by atoms with Crippen molar-refractivity contribution in [2.24, 2.45) is 22.5 Å². The number of benzene rings is 1. The zero-order valence-electron chi connectivity index (χ0n) is 33.3. The lowest BCUT2D eigenvalue weighted by Gasteiger charge is -2.37. The number of carbonyl (C=O) groups is 6. The second-order valence-corrected chi connectivity index (χ2v) is 19.5. The highest BCUT2D eigenvalue weighted by Crippen LogP contribution is 2.32. The average Bonchev–Trinajstić information content (AvgIpc) is 3.49. The van der Waals surface area contributed by atoms with Gasteiger partial charge >= 0.3 is 12.1 Å². The van der Waals surface area contributed by atoms with Crippen LogP contribution in [0.5, 0.6) is 0 Å². The third-order valence-electron chi connectivity index (χ3n) is 10.9. The monoisotopic (exact) mass is 789 g/mol. The lowest BCUT2D eigenvalue weighted by Crippen LogP contribution is -2.62. The number of hydrogen-bond acceptors (Lipinski definition) is 9. The molecule has 0 aromatic heterocycles. The summed E-state index contributed by atoms with van der Waals surface area (Å²) in [7, 11) is -2.15. The number of carbonyl (C=O) groups excluding carboxylic acids is 6. The van der Waals surface area contributed by atoms with Crippen LogP contribution in [0, 0.1) is 16.7 Å². The van der Waals surface area contributed by atoms with E-state index >= 15 is 0 Å². The third kappa shape index (κ3) is 11.4. The molecule has 5 N–H and O–H groups in total. The van der Waals surface area contributed by atoms with E-state index in [1.165, 1.54) is 11.9 Å². The second kappa shape index (κ2) is 17.3. The molecule has 1 aromatic rings. The van der Waals surface area contributed by atoms with Gasteiger partial charge in [-0.2, -0.15) is 0 Å². The molecule has 6 amide bonds. The molecule has 0 spiro atoms. The fourth-order valence-electron chi connectivity index (χ4n) is 7.05. The number of likely N-dealkylation sites (tertiary alicyclic amines) is 1. The van der Waals surface area contributed by atoms with Crippen LogP contribution in [0.2, 0.25) is 0 Å². The average molecular weight is 790 g/mol. The van der Waals surface area contributed by atoms with Crippen LogP contribution < -0.4 is 21.7 Å². The van der Waals surface area contributed by atoms with E-state index in [1.54, 1.807) is 25.7 Å². The van der Waals surface area contributed by atoms with Gasteiger partial charge in [0, 0.05) is 39.1 Å². The summed E-state index contributed by atoms with van der Waals surface area (Å²) in [4.78, 5) is 83.4. The van der Waals surface area contributed by atoms with Gasteiger partial charge in [-0.05, 0) is 40.7 Å². The first-order valence-electron chi connectivity index (χ1n) is 18.9. The van der Waals surface area contributed by atoms with Gasteiger partial charge in [0.25, 0.3) is 5.91 Å². The maximum Gasteiger partial charge on any atom is 0.410 e. The predicted octanol–water partition coefficient (Wildman–Crippen LogP) is 1.90. The van der Waals surface area contributed by atoms with Crippen LogP contribution in [0.1, 0.15) is 84.8 Å². The Morgan fingerprint density at radius 3 is 2.15 bits per heavy atom. The van der Waals surface area contributed by atoms with E-state index < -0.39 is 86.8 Å². The Balaban J connectivity index is 1.58. The fraction of sp³-hybridized carbons (Fsp3) is 0.684. The zero-order valence-corrected chi connectivity index (χ0v) is 34.2. The summed E-state index contributed by atoms with van der Waals surface area (Å²) < 4.78 is 31.4. The van der Waals surface area contributed by atoms with Gasteiger partial charge in [-0.1, -0.05) is 85.1 Å². The first-order chi connectivity index (χ1) is 25.4. The molecule has 3 aliphatic rings. The number of nitrogens with zero attached hydrogens (tertiary/aromatic N) is 3. The number of ether oxygens (including phenoxy) is 1. The summed E-state index contributed by atoms with van der Waals surface area (Å²) in [5.74, 6) is -3.35. The summed E-state index contributed by atoms with van der Waals surface area (Å²) in [5.41, 5.74) is 6.01. The molecule has 0 radical (unpaired) electrons. The molecule has 2 heterocycles. The number of Topliss-reactive ketones (excluding diaryl/α,β-unsaturated/α-hetero) is 1. The van der Waals surface area contributed by atoms with E-state index in [1.807, 2.05) is 45.0 Å². The van der Waals surface area contributed by atoms with Crippen molar-refractivity contribution in [3.05, 3.63) is 35.4 Å². The van der Waals surface area contributed by atoms with Gasteiger partial charge in [0.05, 0.1) is 18.8 Å². The zero-order chi connectivity index (χ0) is 41.0. The lowest BCUT2D eigenvalue weighted by molar-refractivity contribution is -0.143. The molecule has 1 saturated heterocycles. The molecule has 306 valence electrons. The van der Waals surface area contributed by atoms with Gasteiger partial charge in [0.15, 0.2) is 0 Å². The van der Waals surface area contributed by atoms with Crippen LogP contribution in [0.4, 0.5) is 9.59 Å². The van der Waals surface area contributed by atoms with Crippen molar-refractivity contribution in [1.29, 1.82) is 0 Å². The van der Waals surface area contributed by atoms with E-state index in [-0.39, 0.29) is 31.8 Å². The Labute approximate surface area is 324 Å². The van der Waals surface area contributed by atoms with Gasteiger partial charge < -0.3 is 36.2 Å². The predicted molar refractivity (Wildman–Crippen MR) is 205 cm³/mol. The summed E-state index contributed by atoms with van der Waals surface area (Å²) in [6, 6.07) is 2.80. The van der Waals surface area contributed by atoms with Crippen molar-refractivity contribution >= 4 is 45.7 Å². The molecule has 2 aliphatic heterocycles. The number of nitrogens with one attached hydrogen (secondary N) is 3. The van der Waals surface area contributed by atoms with Crippen LogP contribution in [-0.4, -0.2) is 121 Å². The molecule has 55 heavy (non-hydrogen) atoms. The summed E-state index contributed by atoms with van der Waals surface area (Å²) in [5, 5.41) is 8.28. The number of hydrogen-bond donors (Lipinski definition) is 4. The fourth-order valence-corrected chi connectivity index (χ4v) is 7.47. The number of rotatable bonds is 13. The molecule has 0 bridgehead atoms. The molecular weight excluding hydrogens is 731 g/mol. The highest BCUT2D eigenvalue weighted by molar-refractivity contribution is 7.88. The molecule has 17 heteroatoms. The van der Waals surface area contributed by atoms with Crippen LogP contribution in [0.3, 0.4) is 0 Å². The lowest BCUT2D eigenvalue weighted by atomic mass is 9.80. The van der Waals surface area contributed by atoms with Crippen LogP contribution in [-0.2, 0) is 46.9 Å². The molecule has 1 aliphatic carbocycles. The molecule has 5 atom stereocenters. The molecule has 4 rings (SSSR count). The van der Waals surface area contributed by atoms with Crippen LogP contribution >= 0.6 is 0 Å². The minimum atomic E-state index is -3.56. The van der Waals surface area contributed by atoms with Crippen molar-refractivity contribution < 1.29 is 41.9 Å². The highest BCUT2D eigenvalue weighted by Gasteiger charge is 2.47. The number of amides is 6. The Morgan fingerprint density at radius 2 is 1.60 bits per heavy atom. The third-order valence-corrected chi connectivity index (χ3v) is 12.2. The van der Waals surface area contributed by atoms with Gasteiger partial charge in [-0.15, -0.1) is 0 Å². The minimum Gasteiger partial charge on any atom is -0.444 e. The number of sulfonamides is 1. The molecule has 1 aromatic carbocycles. The Morgan fingerprint density at radius 1 is 0.964 bits per heavy atom. The molecular formula is C38H59N7O9S. The standard InChI is InChI=1S/C38H59N7O9S/c1-37(2,3)29(22-43(7)55(8,52)53)41-35(50)42-31(38(4,5)6)34(49)45-21-26(54-36(51)44-17-16-24-14-9-10-15-25(24)20-44)19-28(45)33(48)40-27(30(46)32(39)47)18-23-12-11-13-23/h9-10,14-15,23,26-29,31H,11-13,16-22H2,1-8H3,(H2,39,47)(H,40,48)(H2,41,42,50). The minimum absolute atomic E-state index is 0.0278. The van der Waals surface area contributed by atoms with Crippen LogP contribution in [0.15, 0.2) is 24.3 Å². The normalized spacial score (nSPS) is 20.7.